The van der Waals surface area contributed by atoms with E-state index >= 15 is 0 Å². The molecular formula is C9H10Cl2N2. The Hall–Kier alpha value is -0.310. The number of aromatic nitrogens is 1. The van der Waals surface area contributed by atoms with Crippen molar-refractivity contribution in [2.24, 2.45) is 0 Å². The molecule has 0 aromatic carbocycles. The van der Waals surface area contributed by atoms with Gasteiger partial charge in [-0.05, 0) is 31.5 Å². The zero-order valence-corrected chi connectivity index (χ0v) is 8.78. The summed E-state index contributed by atoms with van der Waals surface area (Å²) in [6.07, 6.45) is 4.07. The number of rotatable bonds is 2. The first-order chi connectivity index (χ1) is 6.18. The summed E-state index contributed by atoms with van der Waals surface area (Å²) in [5.74, 6) is 0. The second kappa shape index (κ2) is 3.12. The first-order valence-electron chi connectivity index (χ1n) is 4.18. The van der Waals surface area contributed by atoms with Crippen LogP contribution in [0.4, 0.5) is 0 Å². The van der Waals surface area contributed by atoms with Crippen molar-refractivity contribution in [2.45, 2.75) is 18.4 Å². The fourth-order valence-electron chi connectivity index (χ4n) is 1.49. The van der Waals surface area contributed by atoms with Crippen LogP contribution < -0.4 is 5.32 Å². The summed E-state index contributed by atoms with van der Waals surface area (Å²) in [5.41, 5.74) is 1.24. The van der Waals surface area contributed by atoms with E-state index < -0.39 is 0 Å². The molecular weight excluding hydrogens is 207 g/mol. The fourth-order valence-corrected chi connectivity index (χ4v) is 1.76. The monoisotopic (exact) mass is 216 g/mol. The van der Waals surface area contributed by atoms with E-state index in [2.05, 4.69) is 10.3 Å². The lowest BCUT2D eigenvalue weighted by Crippen LogP contribution is -2.24. The third kappa shape index (κ3) is 1.54. The van der Waals surface area contributed by atoms with Crippen LogP contribution in [0.1, 0.15) is 18.4 Å². The Morgan fingerprint density at radius 3 is 2.62 bits per heavy atom. The van der Waals surface area contributed by atoms with Crippen molar-refractivity contribution in [3.8, 4) is 0 Å². The van der Waals surface area contributed by atoms with Crippen molar-refractivity contribution in [2.75, 3.05) is 7.05 Å². The summed E-state index contributed by atoms with van der Waals surface area (Å²) in [6, 6.07) is 1.89. The van der Waals surface area contributed by atoms with E-state index in [1.54, 1.807) is 6.20 Å². The van der Waals surface area contributed by atoms with Gasteiger partial charge in [-0.1, -0.05) is 23.2 Å². The van der Waals surface area contributed by atoms with Gasteiger partial charge in [0.1, 0.15) is 5.15 Å². The SMILES string of the molecule is CNC1(c2cnc(Cl)c(Cl)c2)CC1. The first kappa shape index (κ1) is 9.25. The third-order valence-electron chi connectivity index (χ3n) is 2.58. The van der Waals surface area contributed by atoms with Gasteiger partial charge in [0.05, 0.1) is 5.02 Å². The van der Waals surface area contributed by atoms with Gasteiger partial charge in [-0.2, -0.15) is 0 Å². The van der Waals surface area contributed by atoms with Crippen LogP contribution in [-0.4, -0.2) is 12.0 Å². The molecule has 2 nitrogen and oxygen atoms in total. The Bertz CT molecular complexity index is 334. The highest BCUT2D eigenvalue weighted by atomic mass is 35.5. The number of halogens is 2. The van der Waals surface area contributed by atoms with Gasteiger partial charge >= 0.3 is 0 Å². The van der Waals surface area contributed by atoms with Gasteiger partial charge in [0.15, 0.2) is 0 Å². The third-order valence-corrected chi connectivity index (χ3v) is 3.26. The minimum Gasteiger partial charge on any atom is -0.310 e. The number of pyridine rings is 1. The Balaban J connectivity index is 2.37. The molecule has 0 unspecified atom stereocenters. The molecule has 0 amide bonds. The van der Waals surface area contributed by atoms with E-state index in [1.165, 1.54) is 0 Å². The van der Waals surface area contributed by atoms with Crippen molar-refractivity contribution in [1.82, 2.24) is 10.3 Å². The maximum Gasteiger partial charge on any atom is 0.147 e. The molecule has 1 aromatic rings. The highest BCUT2D eigenvalue weighted by molar-refractivity contribution is 6.41. The lowest BCUT2D eigenvalue weighted by Gasteiger charge is -2.14. The quantitative estimate of drug-likeness (QED) is 0.770. The molecule has 0 aliphatic heterocycles. The lowest BCUT2D eigenvalue weighted by molar-refractivity contribution is 0.583. The summed E-state index contributed by atoms with van der Waals surface area (Å²) in [6.45, 7) is 0. The van der Waals surface area contributed by atoms with Crippen LogP contribution in [0.25, 0.3) is 0 Å². The van der Waals surface area contributed by atoms with Crippen LogP contribution in [0, 0.1) is 0 Å². The second-order valence-corrected chi connectivity index (χ2v) is 4.09. The number of nitrogens with one attached hydrogen (secondary N) is 1. The van der Waals surface area contributed by atoms with E-state index in [0.717, 1.165) is 18.4 Å². The Morgan fingerprint density at radius 1 is 1.46 bits per heavy atom. The van der Waals surface area contributed by atoms with Crippen LogP contribution >= 0.6 is 23.2 Å². The molecule has 70 valence electrons. The van der Waals surface area contributed by atoms with Gasteiger partial charge < -0.3 is 5.32 Å². The molecule has 0 bridgehead atoms. The van der Waals surface area contributed by atoms with Crippen molar-refractivity contribution < 1.29 is 0 Å². The average molecular weight is 217 g/mol. The fraction of sp³-hybridized carbons (Fsp3) is 0.444. The molecule has 1 N–H and O–H groups in total. The predicted molar refractivity (Wildman–Crippen MR) is 54.2 cm³/mol. The van der Waals surface area contributed by atoms with Gasteiger partial charge in [0, 0.05) is 11.7 Å². The van der Waals surface area contributed by atoms with Gasteiger partial charge in [-0.3, -0.25) is 0 Å². The van der Waals surface area contributed by atoms with Gasteiger partial charge in [-0.25, -0.2) is 4.98 Å². The molecule has 0 radical (unpaired) electrons. The van der Waals surface area contributed by atoms with Gasteiger partial charge in [0.25, 0.3) is 0 Å². The van der Waals surface area contributed by atoms with E-state index in [4.69, 9.17) is 23.2 Å². The minimum atomic E-state index is 0.112. The van der Waals surface area contributed by atoms with Crippen LogP contribution in [0.5, 0.6) is 0 Å². The molecule has 13 heavy (non-hydrogen) atoms. The summed E-state index contributed by atoms with van der Waals surface area (Å²) in [5, 5.41) is 4.17. The van der Waals surface area contributed by atoms with E-state index in [-0.39, 0.29) is 5.54 Å². The Morgan fingerprint density at radius 2 is 2.15 bits per heavy atom. The van der Waals surface area contributed by atoms with Crippen molar-refractivity contribution >= 4 is 23.2 Å². The summed E-state index contributed by atoms with van der Waals surface area (Å²) >= 11 is 11.6. The van der Waals surface area contributed by atoms with Crippen LogP contribution in [0.3, 0.4) is 0 Å². The van der Waals surface area contributed by atoms with Gasteiger partial charge in [-0.15, -0.1) is 0 Å². The van der Waals surface area contributed by atoms with Crippen molar-refractivity contribution in [1.29, 1.82) is 0 Å². The predicted octanol–water partition coefficient (Wildman–Crippen LogP) is 2.60. The van der Waals surface area contributed by atoms with Crippen LogP contribution in [-0.2, 0) is 5.54 Å². The topological polar surface area (TPSA) is 24.9 Å². The second-order valence-electron chi connectivity index (χ2n) is 3.33. The molecule has 0 spiro atoms. The highest BCUT2D eigenvalue weighted by Gasteiger charge is 2.43. The van der Waals surface area contributed by atoms with Crippen LogP contribution in [0.2, 0.25) is 10.2 Å². The van der Waals surface area contributed by atoms with Crippen molar-refractivity contribution in [3.63, 3.8) is 0 Å². The Labute approximate surface area is 87.3 Å². The maximum atomic E-state index is 5.88. The standard InChI is InChI=1S/C9H10Cl2N2/c1-12-9(2-3-9)6-4-7(10)8(11)13-5-6/h4-5,12H,2-3H2,1H3. The van der Waals surface area contributed by atoms with E-state index in [9.17, 15) is 0 Å². The molecule has 2 rings (SSSR count). The molecule has 1 saturated carbocycles. The molecule has 1 aromatic heterocycles. The summed E-state index contributed by atoms with van der Waals surface area (Å²) < 4.78 is 0. The molecule has 0 atom stereocenters. The summed E-state index contributed by atoms with van der Waals surface area (Å²) in [4.78, 5) is 4.03. The van der Waals surface area contributed by atoms with Gasteiger partial charge in [0.2, 0.25) is 0 Å². The summed E-state index contributed by atoms with van der Waals surface area (Å²) in [7, 11) is 1.95. The first-order valence-corrected chi connectivity index (χ1v) is 4.94. The molecule has 1 heterocycles. The largest absolute Gasteiger partial charge is 0.310 e. The molecule has 1 fully saturated rings. The minimum absolute atomic E-state index is 0.112. The van der Waals surface area contributed by atoms with E-state index in [0.29, 0.717) is 10.2 Å². The highest BCUT2D eigenvalue weighted by Crippen LogP contribution is 2.45. The maximum absolute atomic E-state index is 5.88. The molecule has 0 saturated heterocycles. The number of nitrogens with zero attached hydrogens (tertiary/aromatic N) is 1. The smallest absolute Gasteiger partial charge is 0.147 e. The van der Waals surface area contributed by atoms with E-state index in [1.807, 2.05) is 13.1 Å². The Kier molecular flexibility index (Phi) is 2.22. The van der Waals surface area contributed by atoms with Crippen LogP contribution in [0.15, 0.2) is 12.3 Å². The number of hydrogen-bond donors (Lipinski definition) is 1. The molecule has 4 heteroatoms. The zero-order valence-electron chi connectivity index (χ0n) is 7.27. The van der Waals surface area contributed by atoms with Crippen molar-refractivity contribution in [3.05, 3.63) is 28.0 Å². The lowest BCUT2D eigenvalue weighted by atomic mass is 10.1. The number of hydrogen-bond acceptors (Lipinski definition) is 2. The average Bonchev–Trinajstić information content (AvgIpc) is 2.90. The normalized spacial score (nSPS) is 18.7. The zero-order chi connectivity index (χ0) is 9.47. The molecule has 1 aliphatic rings. The molecule has 1 aliphatic carbocycles.